The second kappa shape index (κ2) is 3.97. The number of anilines is 1. The van der Waals surface area contributed by atoms with Crippen LogP contribution in [0.2, 0.25) is 0 Å². The molecule has 0 aromatic carbocycles. The SMILES string of the molecule is C[C@@H]1CN(C)[C@H](C)C[C@@H]1n1[nH]c(=O)cc1N. The van der Waals surface area contributed by atoms with Gasteiger partial charge in [0.25, 0.3) is 5.56 Å². The zero-order valence-electron chi connectivity index (χ0n) is 10.1. The van der Waals surface area contributed by atoms with Crippen molar-refractivity contribution in [2.24, 2.45) is 5.92 Å². The summed E-state index contributed by atoms with van der Waals surface area (Å²) < 4.78 is 1.83. The highest BCUT2D eigenvalue weighted by Crippen LogP contribution is 2.31. The fourth-order valence-electron chi connectivity index (χ4n) is 2.57. The topological polar surface area (TPSA) is 67.0 Å². The zero-order chi connectivity index (χ0) is 11.9. The van der Waals surface area contributed by atoms with E-state index in [-0.39, 0.29) is 5.56 Å². The average molecular weight is 224 g/mol. The van der Waals surface area contributed by atoms with Gasteiger partial charge in [-0.25, -0.2) is 0 Å². The van der Waals surface area contributed by atoms with Gasteiger partial charge in [-0.15, -0.1) is 0 Å². The molecule has 2 rings (SSSR count). The first-order valence-electron chi connectivity index (χ1n) is 5.76. The van der Waals surface area contributed by atoms with Crippen LogP contribution in [0.15, 0.2) is 10.9 Å². The van der Waals surface area contributed by atoms with Crippen LogP contribution in [0, 0.1) is 5.92 Å². The standard InChI is InChI=1S/C11H20N4O/c1-7-6-14(3)8(2)4-9(7)15-10(12)5-11(16)13-15/h5,7-9H,4,6,12H2,1-3H3,(H,13,16)/t7-,8-,9+/m1/s1. The summed E-state index contributed by atoms with van der Waals surface area (Å²) in [5.74, 6) is 1.03. The quantitative estimate of drug-likeness (QED) is 0.736. The van der Waals surface area contributed by atoms with Crippen molar-refractivity contribution in [1.29, 1.82) is 0 Å². The van der Waals surface area contributed by atoms with Crippen LogP contribution in [-0.2, 0) is 0 Å². The Morgan fingerprint density at radius 3 is 2.75 bits per heavy atom. The van der Waals surface area contributed by atoms with E-state index in [2.05, 4.69) is 30.9 Å². The molecule has 1 fully saturated rings. The summed E-state index contributed by atoms with van der Waals surface area (Å²) in [5.41, 5.74) is 5.72. The summed E-state index contributed by atoms with van der Waals surface area (Å²) in [6, 6.07) is 2.27. The fourth-order valence-corrected chi connectivity index (χ4v) is 2.57. The molecule has 16 heavy (non-hydrogen) atoms. The molecule has 2 heterocycles. The van der Waals surface area contributed by atoms with Crippen LogP contribution in [-0.4, -0.2) is 34.3 Å². The Balaban J connectivity index is 2.27. The molecule has 1 aromatic rings. The lowest BCUT2D eigenvalue weighted by molar-refractivity contribution is 0.102. The predicted molar refractivity (Wildman–Crippen MR) is 64.4 cm³/mol. The third kappa shape index (κ3) is 1.87. The molecule has 0 spiro atoms. The molecule has 0 radical (unpaired) electrons. The number of aromatic amines is 1. The number of rotatable bonds is 1. The molecule has 0 amide bonds. The number of nitrogens with two attached hydrogens (primary N) is 1. The first-order chi connectivity index (χ1) is 7.49. The van der Waals surface area contributed by atoms with Crippen LogP contribution in [0.3, 0.4) is 0 Å². The average Bonchev–Trinajstić information content (AvgIpc) is 2.51. The van der Waals surface area contributed by atoms with Crippen LogP contribution >= 0.6 is 0 Å². The van der Waals surface area contributed by atoms with Gasteiger partial charge in [-0.3, -0.25) is 14.6 Å². The number of hydrogen-bond donors (Lipinski definition) is 2. The van der Waals surface area contributed by atoms with Crippen molar-refractivity contribution in [3.8, 4) is 0 Å². The summed E-state index contributed by atoms with van der Waals surface area (Å²) in [5, 5.41) is 2.80. The van der Waals surface area contributed by atoms with Gasteiger partial charge in [0.05, 0.1) is 6.04 Å². The van der Waals surface area contributed by atoms with Gasteiger partial charge in [-0.2, -0.15) is 0 Å². The van der Waals surface area contributed by atoms with Crippen molar-refractivity contribution in [2.75, 3.05) is 19.3 Å². The number of nitrogen functional groups attached to an aromatic ring is 1. The lowest BCUT2D eigenvalue weighted by Crippen LogP contribution is -2.44. The molecule has 0 aliphatic carbocycles. The van der Waals surface area contributed by atoms with E-state index < -0.39 is 0 Å². The van der Waals surface area contributed by atoms with E-state index in [0.717, 1.165) is 13.0 Å². The van der Waals surface area contributed by atoms with Crippen molar-refractivity contribution in [1.82, 2.24) is 14.7 Å². The summed E-state index contributed by atoms with van der Waals surface area (Å²) in [7, 11) is 2.14. The van der Waals surface area contributed by atoms with E-state index in [0.29, 0.717) is 23.8 Å². The van der Waals surface area contributed by atoms with Gasteiger partial charge >= 0.3 is 0 Å². The van der Waals surface area contributed by atoms with Gasteiger partial charge in [0.15, 0.2) is 0 Å². The van der Waals surface area contributed by atoms with Crippen molar-refractivity contribution >= 4 is 5.82 Å². The Morgan fingerprint density at radius 1 is 1.50 bits per heavy atom. The molecule has 0 unspecified atom stereocenters. The number of nitrogens with zero attached hydrogens (tertiary/aromatic N) is 2. The summed E-state index contributed by atoms with van der Waals surface area (Å²) in [6.45, 7) is 5.44. The van der Waals surface area contributed by atoms with Gasteiger partial charge < -0.3 is 10.6 Å². The van der Waals surface area contributed by atoms with Gasteiger partial charge in [0, 0.05) is 18.7 Å². The lowest BCUT2D eigenvalue weighted by atomic mass is 9.90. The van der Waals surface area contributed by atoms with Gasteiger partial charge in [-0.1, -0.05) is 6.92 Å². The summed E-state index contributed by atoms with van der Waals surface area (Å²) in [4.78, 5) is 13.6. The number of aromatic nitrogens is 2. The number of hydrogen-bond acceptors (Lipinski definition) is 3. The highest BCUT2D eigenvalue weighted by molar-refractivity contribution is 5.27. The Bertz CT molecular complexity index is 422. The third-order valence-corrected chi connectivity index (χ3v) is 3.69. The zero-order valence-corrected chi connectivity index (χ0v) is 10.1. The van der Waals surface area contributed by atoms with Crippen molar-refractivity contribution < 1.29 is 0 Å². The molecule has 3 N–H and O–H groups in total. The lowest BCUT2D eigenvalue weighted by Gasteiger charge is -2.40. The minimum absolute atomic E-state index is 0.115. The molecule has 1 aromatic heterocycles. The molecular formula is C11H20N4O. The van der Waals surface area contributed by atoms with Crippen LogP contribution in [0.4, 0.5) is 5.82 Å². The molecule has 0 bridgehead atoms. The second-order valence-corrected chi connectivity index (χ2v) is 4.98. The van der Waals surface area contributed by atoms with E-state index >= 15 is 0 Å². The third-order valence-electron chi connectivity index (χ3n) is 3.69. The largest absolute Gasteiger partial charge is 0.384 e. The fraction of sp³-hybridized carbons (Fsp3) is 0.727. The van der Waals surface area contributed by atoms with Crippen LogP contribution in [0.5, 0.6) is 0 Å². The van der Waals surface area contributed by atoms with Crippen LogP contribution in [0.1, 0.15) is 26.3 Å². The van der Waals surface area contributed by atoms with E-state index in [1.165, 1.54) is 6.07 Å². The molecular weight excluding hydrogens is 204 g/mol. The number of likely N-dealkylation sites (tertiary alicyclic amines) is 1. The van der Waals surface area contributed by atoms with Crippen LogP contribution in [0.25, 0.3) is 0 Å². The number of piperidine rings is 1. The van der Waals surface area contributed by atoms with Crippen molar-refractivity contribution in [3.63, 3.8) is 0 Å². The monoisotopic (exact) mass is 224 g/mol. The first-order valence-corrected chi connectivity index (χ1v) is 5.76. The van der Waals surface area contributed by atoms with Crippen molar-refractivity contribution in [2.45, 2.75) is 32.4 Å². The maximum Gasteiger partial charge on any atom is 0.266 e. The number of nitrogens with one attached hydrogen (secondary N) is 1. The Kier molecular flexibility index (Phi) is 2.80. The van der Waals surface area contributed by atoms with E-state index in [9.17, 15) is 4.79 Å². The highest BCUT2D eigenvalue weighted by atomic mass is 16.1. The molecule has 3 atom stereocenters. The minimum Gasteiger partial charge on any atom is -0.384 e. The highest BCUT2D eigenvalue weighted by Gasteiger charge is 2.31. The van der Waals surface area contributed by atoms with E-state index in [4.69, 9.17) is 5.73 Å². The Morgan fingerprint density at radius 2 is 2.19 bits per heavy atom. The maximum atomic E-state index is 11.2. The smallest absolute Gasteiger partial charge is 0.266 e. The number of H-pyrrole nitrogens is 1. The van der Waals surface area contributed by atoms with E-state index in [1.54, 1.807) is 0 Å². The molecule has 5 heteroatoms. The van der Waals surface area contributed by atoms with Gasteiger partial charge in [0.2, 0.25) is 0 Å². The minimum atomic E-state index is -0.115. The molecule has 1 saturated heterocycles. The molecule has 90 valence electrons. The molecule has 1 aliphatic heterocycles. The maximum absolute atomic E-state index is 11.2. The van der Waals surface area contributed by atoms with Gasteiger partial charge in [-0.05, 0) is 26.3 Å². The Labute approximate surface area is 95.2 Å². The van der Waals surface area contributed by atoms with Gasteiger partial charge in [0.1, 0.15) is 5.82 Å². The summed E-state index contributed by atoms with van der Waals surface area (Å²) >= 11 is 0. The predicted octanol–water partition coefficient (Wildman–Crippen LogP) is 0.660. The first kappa shape index (κ1) is 11.3. The van der Waals surface area contributed by atoms with Crippen molar-refractivity contribution in [3.05, 3.63) is 16.4 Å². The Hall–Kier alpha value is -1.23. The molecule has 1 aliphatic rings. The van der Waals surface area contributed by atoms with E-state index in [1.807, 2.05) is 4.68 Å². The summed E-state index contributed by atoms with van der Waals surface area (Å²) in [6.07, 6.45) is 1.02. The molecule has 5 nitrogen and oxygen atoms in total. The second-order valence-electron chi connectivity index (χ2n) is 4.98. The molecule has 0 saturated carbocycles. The normalized spacial score (nSPS) is 31.8. The van der Waals surface area contributed by atoms with Crippen LogP contribution < -0.4 is 11.3 Å².